The Labute approximate surface area is 77.9 Å². The molecular formula is C9H16N4. The second kappa shape index (κ2) is 3.68. The van der Waals surface area contributed by atoms with Gasteiger partial charge in [0, 0.05) is 6.04 Å². The largest absolute Gasteiger partial charge is 0.382 e. The number of hydrogen-bond donors (Lipinski definition) is 3. The molecule has 0 aromatic carbocycles. The Morgan fingerprint density at radius 3 is 2.77 bits per heavy atom. The highest BCUT2D eigenvalue weighted by Crippen LogP contribution is 2.23. The molecule has 2 rings (SSSR count). The van der Waals surface area contributed by atoms with E-state index in [1.54, 1.807) is 6.20 Å². The average Bonchev–Trinajstić information content (AvgIpc) is 2.54. The lowest BCUT2D eigenvalue weighted by Gasteiger charge is -2.23. The third kappa shape index (κ3) is 1.94. The predicted octanol–water partition coefficient (Wildman–Crippen LogP) is 1.74. The molecule has 4 heteroatoms. The van der Waals surface area contributed by atoms with Gasteiger partial charge in [0.2, 0.25) is 0 Å². The van der Waals surface area contributed by atoms with Gasteiger partial charge in [0.25, 0.3) is 0 Å². The summed E-state index contributed by atoms with van der Waals surface area (Å²) in [6.45, 7) is 0. The molecule has 4 N–H and O–H groups in total. The number of rotatable bonds is 2. The third-order valence-electron chi connectivity index (χ3n) is 2.63. The zero-order valence-electron chi connectivity index (χ0n) is 7.71. The fraction of sp³-hybridized carbons (Fsp3) is 0.667. The number of anilines is 2. The van der Waals surface area contributed by atoms with E-state index in [-0.39, 0.29) is 0 Å². The van der Waals surface area contributed by atoms with E-state index >= 15 is 0 Å². The Hall–Kier alpha value is -1.19. The van der Waals surface area contributed by atoms with E-state index in [4.69, 9.17) is 5.73 Å². The van der Waals surface area contributed by atoms with Gasteiger partial charge in [0.15, 0.2) is 0 Å². The van der Waals surface area contributed by atoms with Crippen molar-refractivity contribution >= 4 is 11.5 Å². The van der Waals surface area contributed by atoms with Crippen molar-refractivity contribution in [2.45, 2.75) is 38.1 Å². The van der Waals surface area contributed by atoms with Crippen LogP contribution >= 0.6 is 0 Å². The Morgan fingerprint density at radius 2 is 2.15 bits per heavy atom. The molecule has 0 aliphatic heterocycles. The Balaban J connectivity index is 1.93. The van der Waals surface area contributed by atoms with Crippen molar-refractivity contribution in [3.05, 3.63) is 6.20 Å². The Bertz CT molecular complexity index is 262. The highest BCUT2D eigenvalue weighted by Gasteiger charge is 2.14. The monoisotopic (exact) mass is 180 g/mol. The summed E-state index contributed by atoms with van der Waals surface area (Å²) in [5.41, 5.74) is 6.63. The Morgan fingerprint density at radius 1 is 1.38 bits per heavy atom. The fourth-order valence-electron chi connectivity index (χ4n) is 1.88. The Kier molecular flexibility index (Phi) is 2.38. The van der Waals surface area contributed by atoms with Crippen LogP contribution in [0.1, 0.15) is 32.1 Å². The van der Waals surface area contributed by atoms with Gasteiger partial charge in [-0.05, 0) is 12.8 Å². The van der Waals surface area contributed by atoms with Crippen molar-refractivity contribution in [3.8, 4) is 0 Å². The minimum absolute atomic E-state index is 0.591. The van der Waals surface area contributed by atoms with E-state index in [0.29, 0.717) is 11.9 Å². The summed E-state index contributed by atoms with van der Waals surface area (Å²) in [7, 11) is 0. The summed E-state index contributed by atoms with van der Waals surface area (Å²) in [6, 6.07) is 0.591. The van der Waals surface area contributed by atoms with Crippen LogP contribution in [0.3, 0.4) is 0 Å². The molecule has 1 aliphatic carbocycles. The number of aromatic amines is 1. The summed E-state index contributed by atoms with van der Waals surface area (Å²) in [5, 5.41) is 10.0. The number of nitrogens with zero attached hydrogens (tertiary/aromatic N) is 1. The van der Waals surface area contributed by atoms with Gasteiger partial charge < -0.3 is 11.1 Å². The molecule has 0 spiro atoms. The standard InChI is InChI=1S/C9H16N4/c10-9-8(6-11-13-9)12-7-4-2-1-3-5-7/h6-7,12H,1-5H2,(H3,10,11,13). The van der Waals surface area contributed by atoms with E-state index < -0.39 is 0 Å². The van der Waals surface area contributed by atoms with Crippen LogP contribution in [-0.4, -0.2) is 16.2 Å². The van der Waals surface area contributed by atoms with Crippen LogP contribution in [0.4, 0.5) is 11.5 Å². The van der Waals surface area contributed by atoms with Gasteiger partial charge in [-0.3, -0.25) is 5.10 Å². The van der Waals surface area contributed by atoms with Crippen LogP contribution in [0, 0.1) is 0 Å². The molecule has 1 aromatic rings. The molecule has 0 amide bonds. The van der Waals surface area contributed by atoms with Crippen molar-refractivity contribution in [2.75, 3.05) is 11.1 Å². The first-order valence-corrected chi connectivity index (χ1v) is 4.91. The highest BCUT2D eigenvalue weighted by atomic mass is 15.2. The number of nitrogens with two attached hydrogens (primary N) is 1. The van der Waals surface area contributed by atoms with E-state index in [1.165, 1.54) is 32.1 Å². The normalized spacial score (nSPS) is 18.8. The van der Waals surface area contributed by atoms with Gasteiger partial charge in [0.1, 0.15) is 5.82 Å². The maximum absolute atomic E-state index is 5.68. The summed E-state index contributed by atoms with van der Waals surface area (Å²) >= 11 is 0. The SMILES string of the molecule is Nc1[nH]ncc1NC1CCCCC1. The van der Waals surface area contributed by atoms with Crippen LogP contribution in [0.25, 0.3) is 0 Å². The number of H-pyrrole nitrogens is 1. The van der Waals surface area contributed by atoms with Crippen molar-refractivity contribution in [1.29, 1.82) is 0 Å². The molecule has 0 radical (unpaired) electrons. The minimum atomic E-state index is 0.591. The van der Waals surface area contributed by atoms with Crippen LogP contribution < -0.4 is 11.1 Å². The predicted molar refractivity (Wildman–Crippen MR) is 53.5 cm³/mol. The number of nitrogens with one attached hydrogen (secondary N) is 2. The van der Waals surface area contributed by atoms with E-state index in [9.17, 15) is 0 Å². The summed E-state index contributed by atoms with van der Waals surface area (Å²) in [6.07, 6.45) is 8.29. The number of hydrogen-bond acceptors (Lipinski definition) is 3. The molecule has 1 saturated carbocycles. The van der Waals surface area contributed by atoms with Crippen LogP contribution in [0.5, 0.6) is 0 Å². The molecule has 72 valence electrons. The average molecular weight is 180 g/mol. The molecular weight excluding hydrogens is 164 g/mol. The zero-order valence-corrected chi connectivity index (χ0v) is 7.71. The van der Waals surface area contributed by atoms with Gasteiger partial charge in [-0.1, -0.05) is 19.3 Å². The molecule has 0 bridgehead atoms. The summed E-state index contributed by atoms with van der Waals surface area (Å²) in [5.74, 6) is 0.644. The van der Waals surface area contributed by atoms with Gasteiger partial charge in [0.05, 0.1) is 11.9 Å². The molecule has 1 fully saturated rings. The van der Waals surface area contributed by atoms with Gasteiger partial charge in [-0.2, -0.15) is 5.10 Å². The van der Waals surface area contributed by atoms with Crippen molar-refractivity contribution in [2.24, 2.45) is 0 Å². The van der Waals surface area contributed by atoms with Crippen LogP contribution in [-0.2, 0) is 0 Å². The molecule has 0 atom stereocenters. The smallest absolute Gasteiger partial charge is 0.142 e. The summed E-state index contributed by atoms with van der Waals surface area (Å²) in [4.78, 5) is 0. The first-order chi connectivity index (χ1) is 6.36. The maximum Gasteiger partial charge on any atom is 0.142 e. The van der Waals surface area contributed by atoms with Gasteiger partial charge >= 0.3 is 0 Å². The maximum atomic E-state index is 5.68. The van der Waals surface area contributed by atoms with Gasteiger partial charge in [-0.25, -0.2) is 0 Å². The molecule has 13 heavy (non-hydrogen) atoms. The zero-order chi connectivity index (χ0) is 9.10. The first kappa shape index (κ1) is 8.41. The quantitative estimate of drug-likeness (QED) is 0.649. The number of nitrogen functional groups attached to an aromatic ring is 1. The lowest BCUT2D eigenvalue weighted by Crippen LogP contribution is -2.22. The van der Waals surface area contributed by atoms with Crippen molar-refractivity contribution in [3.63, 3.8) is 0 Å². The van der Waals surface area contributed by atoms with Crippen molar-refractivity contribution in [1.82, 2.24) is 10.2 Å². The lowest BCUT2D eigenvalue weighted by atomic mass is 9.95. The van der Waals surface area contributed by atoms with Gasteiger partial charge in [-0.15, -0.1) is 0 Å². The topological polar surface area (TPSA) is 66.7 Å². The molecule has 1 aliphatic rings. The van der Waals surface area contributed by atoms with Crippen LogP contribution in [0.2, 0.25) is 0 Å². The second-order valence-electron chi connectivity index (χ2n) is 3.68. The molecule has 1 aromatic heterocycles. The van der Waals surface area contributed by atoms with E-state index in [2.05, 4.69) is 15.5 Å². The molecule has 1 heterocycles. The minimum Gasteiger partial charge on any atom is -0.382 e. The lowest BCUT2D eigenvalue weighted by molar-refractivity contribution is 0.463. The first-order valence-electron chi connectivity index (χ1n) is 4.91. The summed E-state index contributed by atoms with van der Waals surface area (Å²) < 4.78 is 0. The molecule has 4 nitrogen and oxygen atoms in total. The molecule has 0 unspecified atom stereocenters. The highest BCUT2D eigenvalue weighted by molar-refractivity contribution is 5.60. The number of aromatic nitrogens is 2. The van der Waals surface area contributed by atoms with E-state index in [0.717, 1.165) is 5.69 Å². The molecule has 0 saturated heterocycles. The van der Waals surface area contributed by atoms with Crippen LogP contribution in [0.15, 0.2) is 6.20 Å². The third-order valence-corrected chi connectivity index (χ3v) is 2.63. The van der Waals surface area contributed by atoms with E-state index in [1.807, 2.05) is 0 Å². The fourth-order valence-corrected chi connectivity index (χ4v) is 1.88. The second-order valence-corrected chi connectivity index (χ2v) is 3.68. The van der Waals surface area contributed by atoms with Crippen molar-refractivity contribution < 1.29 is 0 Å².